The largest absolute Gasteiger partial charge is 0.464 e. The zero-order valence-electron chi connectivity index (χ0n) is 12.7. The van der Waals surface area contributed by atoms with Gasteiger partial charge in [-0.3, -0.25) is 4.79 Å². The molecule has 7 heteroatoms. The van der Waals surface area contributed by atoms with Crippen molar-refractivity contribution >= 4 is 11.9 Å². The first-order valence-corrected chi connectivity index (χ1v) is 6.90. The fraction of sp³-hybridized carbons (Fsp3) is 0.333. The van der Waals surface area contributed by atoms with Crippen molar-refractivity contribution in [2.24, 2.45) is 0 Å². The predicted molar refractivity (Wildman–Crippen MR) is 79.5 cm³/mol. The van der Waals surface area contributed by atoms with Crippen LogP contribution in [-0.4, -0.2) is 38.8 Å². The van der Waals surface area contributed by atoms with Gasteiger partial charge in [0, 0.05) is 18.6 Å². The van der Waals surface area contributed by atoms with Gasteiger partial charge in [-0.25, -0.2) is 14.5 Å². The van der Waals surface area contributed by atoms with Gasteiger partial charge in [0.15, 0.2) is 5.82 Å². The molecular weight excluding hydrogens is 284 g/mol. The molecule has 0 bridgehead atoms. The maximum absolute atomic E-state index is 12.2. The predicted octanol–water partition coefficient (Wildman–Crippen LogP) is 1.34. The van der Waals surface area contributed by atoms with Gasteiger partial charge in [0.2, 0.25) is 0 Å². The monoisotopic (exact) mass is 302 g/mol. The lowest BCUT2D eigenvalue weighted by atomic mass is 10.1. The van der Waals surface area contributed by atoms with E-state index in [0.717, 1.165) is 0 Å². The van der Waals surface area contributed by atoms with Gasteiger partial charge in [-0.05, 0) is 39.0 Å². The van der Waals surface area contributed by atoms with Gasteiger partial charge < -0.3 is 10.1 Å². The minimum atomic E-state index is -1.10. The molecule has 2 aromatic heterocycles. The van der Waals surface area contributed by atoms with Crippen LogP contribution in [0.25, 0.3) is 5.82 Å². The maximum Gasteiger partial charge on any atom is 0.331 e. The van der Waals surface area contributed by atoms with Crippen LogP contribution in [0.15, 0.2) is 36.8 Å². The van der Waals surface area contributed by atoms with E-state index < -0.39 is 17.4 Å². The van der Waals surface area contributed by atoms with E-state index in [1.54, 1.807) is 56.0 Å². The first-order chi connectivity index (χ1) is 10.4. The zero-order valence-corrected chi connectivity index (χ0v) is 12.7. The van der Waals surface area contributed by atoms with Crippen LogP contribution < -0.4 is 5.32 Å². The van der Waals surface area contributed by atoms with E-state index in [1.807, 2.05) is 0 Å². The number of ether oxygens (including phenoxy) is 1. The van der Waals surface area contributed by atoms with E-state index in [1.165, 1.54) is 6.20 Å². The summed E-state index contributed by atoms with van der Waals surface area (Å²) in [6, 6.07) is 5.09. The molecule has 0 aliphatic rings. The van der Waals surface area contributed by atoms with E-state index >= 15 is 0 Å². The van der Waals surface area contributed by atoms with Crippen molar-refractivity contribution in [1.82, 2.24) is 20.1 Å². The number of esters is 1. The second-order valence-electron chi connectivity index (χ2n) is 5.16. The van der Waals surface area contributed by atoms with Gasteiger partial charge >= 0.3 is 5.97 Å². The van der Waals surface area contributed by atoms with Gasteiger partial charge in [-0.15, -0.1) is 0 Å². The molecule has 0 saturated heterocycles. The van der Waals surface area contributed by atoms with Crippen LogP contribution in [0.1, 0.15) is 31.1 Å². The molecule has 0 saturated carbocycles. The third kappa shape index (κ3) is 3.49. The highest BCUT2D eigenvalue weighted by molar-refractivity contribution is 5.97. The third-order valence-corrected chi connectivity index (χ3v) is 2.96. The molecule has 0 radical (unpaired) electrons. The summed E-state index contributed by atoms with van der Waals surface area (Å²) in [4.78, 5) is 28.1. The van der Waals surface area contributed by atoms with Gasteiger partial charge in [0.25, 0.3) is 5.91 Å². The summed E-state index contributed by atoms with van der Waals surface area (Å²) >= 11 is 0. The van der Waals surface area contributed by atoms with Gasteiger partial charge in [-0.1, -0.05) is 0 Å². The second kappa shape index (κ2) is 6.38. The number of hydrogen-bond donors (Lipinski definition) is 1. The quantitative estimate of drug-likeness (QED) is 0.842. The standard InChI is InChI=1S/C15H18N4O3/c1-4-22-14(21)15(2,3)18-13(20)11-6-7-12(16-10-11)19-9-5-8-17-19/h5-10H,4H2,1-3H3,(H,18,20). The molecule has 0 aliphatic heterocycles. The van der Waals surface area contributed by atoms with E-state index in [4.69, 9.17) is 4.74 Å². The van der Waals surface area contributed by atoms with Gasteiger partial charge in [0.1, 0.15) is 5.54 Å². The van der Waals surface area contributed by atoms with Gasteiger partial charge in [-0.2, -0.15) is 5.10 Å². The molecule has 2 aromatic rings. The topological polar surface area (TPSA) is 86.1 Å². The fourth-order valence-electron chi connectivity index (χ4n) is 1.78. The number of rotatable bonds is 5. The van der Waals surface area contributed by atoms with Crippen molar-refractivity contribution in [3.8, 4) is 5.82 Å². The molecule has 0 atom stereocenters. The zero-order chi connectivity index (χ0) is 16.2. The Kier molecular flexibility index (Phi) is 4.55. The molecule has 2 heterocycles. The highest BCUT2D eigenvalue weighted by Crippen LogP contribution is 2.09. The van der Waals surface area contributed by atoms with Crippen molar-refractivity contribution < 1.29 is 14.3 Å². The Hall–Kier alpha value is -2.70. The molecule has 0 spiro atoms. The lowest BCUT2D eigenvalue weighted by molar-refractivity contribution is -0.149. The van der Waals surface area contributed by atoms with Crippen LogP contribution in [-0.2, 0) is 9.53 Å². The summed E-state index contributed by atoms with van der Waals surface area (Å²) in [6.07, 6.45) is 4.84. The molecule has 0 fully saturated rings. The van der Waals surface area contributed by atoms with Crippen LogP contribution in [0.2, 0.25) is 0 Å². The first-order valence-electron chi connectivity index (χ1n) is 6.90. The molecule has 1 amide bonds. The van der Waals surface area contributed by atoms with Crippen LogP contribution in [0.5, 0.6) is 0 Å². The second-order valence-corrected chi connectivity index (χ2v) is 5.16. The van der Waals surface area contributed by atoms with Gasteiger partial charge in [0.05, 0.1) is 12.2 Å². The number of hydrogen-bond acceptors (Lipinski definition) is 5. The molecule has 0 aromatic carbocycles. The molecule has 22 heavy (non-hydrogen) atoms. The fourth-order valence-corrected chi connectivity index (χ4v) is 1.78. The minimum Gasteiger partial charge on any atom is -0.464 e. The highest BCUT2D eigenvalue weighted by Gasteiger charge is 2.31. The number of pyridine rings is 1. The number of carbonyl (C=O) groups is 2. The summed E-state index contributed by atoms with van der Waals surface area (Å²) in [5, 5.41) is 6.69. The Balaban J connectivity index is 2.08. The van der Waals surface area contributed by atoms with Crippen molar-refractivity contribution in [2.75, 3.05) is 6.61 Å². The Morgan fingerprint density at radius 1 is 1.36 bits per heavy atom. The van der Waals surface area contributed by atoms with Crippen molar-refractivity contribution in [1.29, 1.82) is 0 Å². The first kappa shape index (κ1) is 15.7. The van der Waals surface area contributed by atoms with E-state index in [2.05, 4.69) is 15.4 Å². The van der Waals surface area contributed by atoms with E-state index in [-0.39, 0.29) is 6.61 Å². The molecule has 116 valence electrons. The van der Waals surface area contributed by atoms with Crippen LogP contribution >= 0.6 is 0 Å². The number of carbonyl (C=O) groups excluding carboxylic acids is 2. The molecule has 0 aliphatic carbocycles. The minimum absolute atomic E-state index is 0.262. The number of aromatic nitrogens is 3. The average Bonchev–Trinajstić information content (AvgIpc) is 3.01. The van der Waals surface area contributed by atoms with Crippen molar-refractivity contribution in [3.63, 3.8) is 0 Å². The smallest absolute Gasteiger partial charge is 0.331 e. The Bertz CT molecular complexity index is 648. The number of nitrogens with zero attached hydrogens (tertiary/aromatic N) is 3. The summed E-state index contributed by atoms with van der Waals surface area (Å²) in [6.45, 7) is 5.16. The number of amides is 1. The molecule has 0 unspecified atom stereocenters. The van der Waals surface area contributed by atoms with Crippen molar-refractivity contribution in [3.05, 3.63) is 42.4 Å². The third-order valence-electron chi connectivity index (χ3n) is 2.96. The van der Waals surface area contributed by atoms with Crippen molar-refractivity contribution in [2.45, 2.75) is 26.3 Å². The normalized spacial score (nSPS) is 11.0. The highest BCUT2D eigenvalue weighted by atomic mass is 16.5. The molecule has 2 rings (SSSR count). The SMILES string of the molecule is CCOC(=O)C(C)(C)NC(=O)c1ccc(-n2cccn2)nc1. The Morgan fingerprint density at radius 2 is 2.14 bits per heavy atom. The van der Waals surface area contributed by atoms with Crippen LogP contribution in [0.3, 0.4) is 0 Å². The lowest BCUT2D eigenvalue weighted by Gasteiger charge is -2.23. The summed E-state index contributed by atoms with van der Waals surface area (Å²) < 4.78 is 6.52. The van der Waals surface area contributed by atoms with Crippen LogP contribution in [0.4, 0.5) is 0 Å². The maximum atomic E-state index is 12.2. The summed E-state index contributed by atoms with van der Waals surface area (Å²) in [7, 11) is 0. The molecule has 1 N–H and O–H groups in total. The average molecular weight is 302 g/mol. The van der Waals surface area contributed by atoms with Crippen LogP contribution in [0, 0.1) is 0 Å². The summed E-state index contributed by atoms with van der Waals surface area (Å²) in [5.74, 6) is -0.270. The Morgan fingerprint density at radius 3 is 2.68 bits per heavy atom. The Labute approximate surface area is 128 Å². The molecular formula is C15H18N4O3. The van der Waals surface area contributed by atoms with E-state index in [9.17, 15) is 9.59 Å². The number of nitrogens with one attached hydrogen (secondary N) is 1. The molecule has 7 nitrogen and oxygen atoms in total. The van der Waals surface area contributed by atoms with E-state index in [0.29, 0.717) is 11.4 Å². The summed E-state index contributed by atoms with van der Waals surface area (Å²) in [5.41, 5.74) is -0.749. The lowest BCUT2D eigenvalue weighted by Crippen LogP contribution is -2.50.